The first-order valence-electron chi connectivity index (χ1n) is 8.56. The first kappa shape index (κ1) is 20.3. The Morgan fingerprint density at radius 2 is 2.00 bits per heavy atom. The van der Waals surface area contributed by atoms with Gasteiger partial charge in [-0.2, -0.15) is 0 Å². The number of nitrogens with one attached hydrogen (secondary N) is 1. The number of benzene rings is 2. The zero-order valence-corrected chi connectivity index (χ0v) is 16.1. The van der Waals surface area contributed by atoms with E-state index >= 15 is 0 Å². The summed E-state index contributed by atoms with van der Waals surface area (Å²) in [7, 11) is -3.57. The van der Waals surface area contributed by atoms with Crippen LogP contribution in [0.25, 0.3) is 0 Å². The normalized spacial score (nSPS) is 13.4. The Hall–Kier alpha value is -3.47. The van der Waals surface area contributed by atoms with E-state index in [0.717, 1.165) is 11.0 Å². The summed E-state index contributed by atoms with van der Waals surface area (Å²) in [5.41, 5.74) is -0.0637. The second kappa shape index (κ2) is 7.87. The predicted molar refractivity (Wildman–Crippen MR) is 104 cm³/mol. The van der Waals surface area contributed by atoms with Crippen molar-refractivity contribution in [3.8, 4) is 5.75 Å². The van der Waals surface area contributed by atoms with Crippen molar-refractivity contribution in [3.05, 3.63) is 52.6 Å². The van der Waals surface area contributed by atoms with Crippen molar-refractivity contribution in [1.82, 2.24) is 0 Å². The maximum Gasteiger partial charge on any atom is 0.271 e. The Balaban J connectivity index is 1.87. The lowest BCUT2D eigenvalue weighted by atomic mass is 10.2. The van der Waals surface area contributed by atoms with Crippen molar-refractivity contribution in [3.63, 3.8) is 0 Å². The van der Waals surface area contributed by atoms with Gasteiger partial charge < -0.3 is 10.1 Å². The maximum absolute atomic E-state index is 12.5. The van der Waals surface area contributed by atoms with Crippen molar-refractivity contribution in [2.24, 2.45) is 0 Å². The molecule has 0 bridgehead atoms. The molecule has 1 aliphatic heterocycles. The number of ether oxygens (including phenoxy) is 1. The van der Waals surface area contributed by atoms with Crippen molar-refractivity contribution >= 4 is 38.7 Å². The molecule has 0 spiro atoms. The standard InChI is InChI=1S/C18H17N3O7S/c1-2-29(26,27)16-6-4-3-5-13(16)19-17(22)10-20-14-9-12(21(24)25)7-8-15(14)28-11-18(20)23/h3-9H,2,10-11H2,1H3,(H,19,22). The zero-order chi connectivity index (χ0) is 21.2. The van der Waals surface area contributed by atoms with E-state index in [4.69, 9.17) is 4.74 Å². The number of fused-ring (bicyclic) bond motifs is 1. The number of nitro benzene ring substituents is 1. The van der Waals surface area contributed by atoms with E-state index in [0.29, 0.717) is 0 Å². The minimum absolute atomic E-state index is 0.0276. The molecule has 0 unspecified atom stereocenters. The number of hydrogen-bond acceptors (Lipinski definition) is 7. The number of non-ortho nitro benzene ring substituents is 1. The Bertz CT molecular complexity index is 1100. The molecule has 2 aromatic rings. The summed E-state index contributed by atoms with van der Waals surface area (Å²) in [4.78, 5) is 36.2. The zero-order valence-electron chi connectivity index (χ0n) is 15.3. The maximum atomic E-state index is 12.5. The second-order valence-electron chi connectivity index (χ2n) is 6.13. The first-order chi connectivity index (χ1) is 13.7. The van der Waals surface area contributed by atoms with Crippen LogP contribution in [-0.4, -0.2) is 44.1 Å². The van der Waals surface area contributed by atoms with Gasteiger partial charge in [0.05, 0.1) is 26.9 Å². The van der Waals surface area contributed by atoms with E-state index in [1.165, 1.54) is 31.2 Å². The number of carbonyl (C=O) groups excluding carboxylic acids is 2. The van der Waals surface area contributed by atoms with Crippen LogP contribution in [0, 0.1) is 10.1 Å². The number of anilines is 2. The van der Waals surface area contributed by atoms with Crippen molar-refractivity contribution in [2.75, 3.05) is 29.1 Å². The van der Waals surface area contributed by atoms with Crippen LogP contribution in [0.1, 0.15) is 6.92 Å². The van der Waals surface area contributed by atoms with Gasteiger partial charge in [-0.3, -0.25) is 24.6 Å². The van der Waals surface area contributed by atoms with Crippen molar-refractivity contribution in [1.29, 1.82) is 0 Å². The Labute approximate surface area is 166 Å². The molecule has 1 heterocycles. The number of nitrogens with zero attached hydrogens (tertiary/aromatic N) is 2. The molecule has 1 N–H and O–H groups in total. The van der Waals surface area contributed by atoms with Gasteiger partial charge >= 0.3 is 0 Å². The van der Waals surface area contributed by atoms with Gasteiger partial charge in [0.1, 0.15) is 12.3 Å². The van der Waals surface area contributed by atoms with E-state index in [1.807, 2.05) is 0 Å². The van der Waals surface area contributed by atoms with Crippen molar-refractivity contribution < 1.29 is 27.7 Å². The fourth-order valence-electron chi connectivity index (χ4n) is 2.81. The molecule has 1 aliphatic rings. The van der Waals surface area contributed by atoms with Crippen LogP contribution >= 0.6 is 0 Å². The molecular formula is C18H17N3O7S. The lowest BCUT2D eigenvalue weighted by Crippen LogP contribution is -2.43. The Kier molecular flexibility index (Phi) is 5.50. The SMILES string of the molecule is CCS(=O)(=O)c1ccccc1NC(=O)CN1C(=O)COc2ccc([N+](=O)[O-])cc21. The highest BCUT2D eigenvalue weighted by Gasteiger charge is 2.29. The fourth-order valence-corrected chi connectivity index (χ4v) is 3.86. The number of amides is 2. The molecule has 0 saturated carbocycles. The average Bonchev–Trinajstić information content (AvgIpc) is 2.70. The van der Waals surface area contributed by atoms with Crippen LogP contribution in [0.3, 0.4) is 0 Å². The van der Waals surface area contributed by atoms with Crippen LogP contribution < -0.4 is 15.0 Å². The smallest absolute Gasteiger partial charge is 0.271 e. The summed E-state index contributed by atoms with van der Waals surface area (Å²) in [5, 5.41) is 13.5. The van der Waals surface area contributed by atoms with Crippen LogP contribution in [-0.2, 0) is 19.4 Å². The average molecular weight is 419 g/mol. The summed E-state index contributed by atoms with van der Waals surface area (Å²) in [6.07, 6.45) is 0. The van der Waals surface area contributed by atoms with Gasteiger partial charge in [-0.05, 0) is 18.2 Å². The summed E-state index contributed by atoms with van der Waals surface area (Å²) in [5.74, 6) is -1.12. The van der Waals surface area contributed by atoms with Crippen molar-refractivity contribution in [2.45, 2.75) is 11.8 Å². The summed E-state index contributed by atoms with van der Waals surface area (Å²) < 4.78 is 29.7. The highest BCUT2D eigenvalue weighted by Crippen LogP contribution is 2.35. The van der Waals surface area contributed by atoms with Gasteiger partial charge in [0.15, 0.2) is 16.4 Å². The molecular weight excluding hydrogens is 402 g/mol. The number of para-hydroxylation sites is 1. The van der Waals surface area contributed by atoms with E-state index < -0.39 is 33.1 Å². The van der Waals surface area contributed by atoms with Crippen LogP contribution in [0.2, 0.25) is 0 Å². The minimum atomic E-state index is -3.57. The molecule has 10 nitrogen and oxygen atoms in total. The third-order valence-corrected chi connectivity index (χ3v) is 6.06. The molecule has 29 heavy (non-hydrogen) atoms. The van der Waals surface area contributed by atoms with Gasteiger partial charge in [-0.15, -0.1) is 0 Å². The summed E-state index contributed by atoms with van der Waals surface area (Å²) in [6.45, 7) is 0.708. The second-order valence-corrected chi connectivity index (χ2v) is 8.37. The Morgan fingerprint density at radius 1 is 1.28 bits per heavy atom. The van der Waals surface area contributed by atoms with Gasteiger partial charge in [0, 0.05) is 12.1 Å². The lowest BCUT2D eigenvalue weighted by molar-refractivity contribution is -0.384. The molecule has 0 saturated heterocycles. The fraction of sp³-hybridized carbons (Fsp3) is 0.222. The highest BCUT2D eigenvalue weighted by atomic mass is 32.2. The lowest BCUT2D eigenvalue weighted by Gasteiger charge is -2.28. The number of rotatable bonds is 6. The number of hydrogen-bond donors (Lipinski definition) is 1. The Morgan fingerprint density at radius 3 is 2.69 bits per heavy atom. The monoisotopic (exact) mass is 419 g/mol. The third-order valence-electron chi connectivity index (χ3n) is 4.27. The molecule has 0 atom stereocenters. The molecule has 0 radical (unpaired) electrons. The minimum Gasteiger partial charge on any atom is -0.482 e. The predicted octanol–water partition coefficient (Wildman–Crippen LogP) is 1.75. The highest BCUT2D eigenvalue weighted by molar-refractivity contribution is 7.91. The van der Waals surface area contributed by atoms with Gasteiger partial charge in [-0.25, -0.2) is 8.42 Å². The number of nitro groups is 1. The first-order valence-corrected chi connectivity index (χ1v) is 10.2. The largest absolute Gasteiger partial charge is 0.482 e. The quantitative estimate of drug-likeness (QED) is 0.556. The van der Waals surface area contributed by atoms with Gasteiger partial charge in [0.2, 0.25) is 5.91 Å². The molecule has 3 rings (SSSR count). The molecule has 0 aliphatic carbocycles. The molecule has 2 aromatic carbocycles. The molecule has 2 amide bonds. The molecule has 0 fully saturated rings. The van der Waals surface area contributed by atoms with Crippen LogP contribution in [0.4, 0.5) is 17.1 Å². The van der Waals surface area contributed by atoms with Gasteiger partial charge in [-0.1, -0.05) is 19.1 Å². The van der Waals surface area contributed by atoms with E-state index in [-0.39, 0.29) is 40.1 Å². The summed E-state index contributed by atoms with van der Waals surface area (Å²) in [6, 6.07) is 9.68. The number of sulfone groups is 1. The van der Waals surface area contributed by atoms with E-state index in [2.05, 4.69) is 5.32 Å². The number of carbonyl (C=O) groups is 2. The molecule has 11 heteroatoms. The van der Waals surface area contributed by atoms with E-state index in [9.17, 15) is 28.1 Å². The van der Waals surface area contributed by atoms with E-state index in [1.54, 1.807) is 12.1 Å². The van der Waals surface area contributed by atoms with Gasteiger partial charge in [0.25, 0.3) is 11.6 Å². The van der Waals surface area contributed by atoms with Crippen LogP contribution in [0.15, 0.2) is 47.4 Å². The topological polar surface area (TPSA) is 136 Å². The third kappa shape index (κ3) is 4.19. The molecule has 0 aromatic heterocycles. The van der Waals surface area contributed by atoms with Crippen LogP contribution in [0.5, 0.6) is 5.75 Å². The summed E-state index contributed by atoms with van der Waals surface area (Å²) >= 11 is 0. The molecule has 152 valence electrons.